The fourth-order valence-electron chi connectivity index (χ4n) is 1.27. The predicted molar refractivity (Wildman–Crippen MR) is 72.8 cm³/mol. The van der Waals surface area contributed by atoms with Crippen molar-refractivity contribution in [1.29, 1.82) is 0 Å². The fraction of sp³-hybridized carbons (Fsp3) is 0. The van der Waals surface area contributed by atoms with Gasteiger partial charge in [-0.3, -0.25) is 10.1 Å². The summed E-state index contributed by atoms with van der Waals surface area (Å²) < 4.78 is 6.73. The number of nitro groups is 1. The van der Waals surface area contributed by atoms with Gasteiger partial charge in [0.05, 0.1) is 15.5 Å². The van der Waals surface area contributed by atoms with E-state index in [-0.39, 0.29) is 5.69 Å². The second-order valence-electron chi connectivity index (χ2n) is 3.29. The molecule has 0 bridgehead atoms. The molecule has 0 aliphatic heterocycles. The minimum atomic E-state index is -0.481. The van der Waals surface area contributed by atoms with Gasteiger partial charge in [0.25, 0.3) is 5.69 Å². The number of nitro benzene ring substituents is 1. The summed E-state index contributed by atoms with van der Waals surface area (Å²) in [5.41, 5.74) is -0.0496. The second-order valence-corrected chi connectivity index (χ2v) is 5.06. The van der Waals surface area contributed by atoms with Gasteiger partial charge in [0.1, 0.15) is 5.75 Å². The molecule has 0 aliphatic carbocycles. The Morgan fingerprint density at radius 1 is 1.28 bits per heavy atom. The van der Waals surface area contributed by atoms with Gasteiger partial charge >= 0.3 is 0 Å². The van der Waals surface area contributed by atoms with Gasteiger partial charge in [-0.15, -0.1) is 0 Å². The zero-order valence-electron chi connectivity index (χ0n) is 8.84. The standard InChI is InChI=1S/C11H6Br2N2O3/c12-7-4-8(15(16)17)6-9(5-7)18-11-10(13)2-1-3-14-11/h1-6H. The lowest BCUT2D eigenvalue weighted by molar-refractivity contribution is -0.385. The lowest BCUT2D eigenvalue weighted by Gasteiger charge is -2.06. The molecule has 1 heterocycles. The van der Waals surface area contributed by atoms with Crippen LogP contribution in [0.5, 0.6) is 11.6 Å². The van der Waals surface area contributed by atoms with E-state index in [0.717, 1.165) is 0 Å². The largest absolute Gasteiger partial charge is 0.438 e. The van der Waals surface area contributed by atoms with Crippen LogP contribution in [0, 0.1) is 10.1 Å². The van der Waals surface area contributed by atoms with Crippen molar-refractivity contribution in [2.75, 3.05) is 0 Å². The Balaban J connectivity index is 2.35. The number of non-ortho nitro benzene ring substituents is 1. The molecular formula is C11H6Br2N2O3. The van der Waals surface area contributed by atoms with E-state index in [1.54, 1.807) is 24.4 Å². The fourth-order valence-corrected chi connectivity index (χ4v) is 2.07. The summed E-state index contributed by atoms with van der Waals surface area (Å²) in [7, 11) is 0. The topological polar surface area (TPSA) is 65.3 Å². The molecule has 5 nitrogen and oxygen atoms in total. The Morgan fingerprint density at radius 2 is 2.06 bits per heavy atom. The molecule has 1 aromatic heterocycles. The monoisotopic (exact) mass is 372 g/mol. The van der Waals surface area contributed by atoms with Crippen LogP contribution in [0.1, 0.15) is 0 Å². The lowest BCUT2D eigenvalue weighted by atomic mass is 10.3. The summed E-state index contributed by atoms with van der Waals surface area (Å²) in [5.74, 6) is 0.695. The molecule has 92 valence electrons. The van der Waals surface area contributed by atoms with Crippen LogP contribution in [-0.2, 0) is 0 Å². The van der Waals surface area contributed by atoms with Gasteiger partial charge < -0.3 is 4.74 Å². The van der Waals surface area contributed by atoms with E-state index in [1.807, 2.05) is 0 Å². The molecule has 1 aromatic carbocycles. The average molecular weight is 374 g/mol. The minimum Gasteiger partial charge on any atom is -0.438 e. The molecule has 2 rings (SSSR count). The Kier molecular flexibility index (Phi) is 3.93. The normalized spacial score (nSPS) is 10.1. The van der Waals surface area contributed by atoms with Crippen LogP contribution in [0.15, 0.2) is 45.5 Å². The molecule has 0 saturated heterocycles. The molecule has 0 aliphatic rings. The summed E-state index contributed by atoms with van der Waals surface area (Å²) in [6.07, 6.45) is 1.58. The first kappa shape index (κ1) is 13.0. The highest BCUT2D eigenvalue weighted by Crippen LogP contribution is 2.31. The van der Waals surface area contributed by atoms with Crippen molar-refractivity contribution in [2.24, 2.45) is 0 Å². The molecule has 0 unspecified atom stereocenters. The summed E-state index contributed by atoms with van der Waals surface area (Å²) in [6, 6.07) is 7.90. The Labute approximate surface area is 119 Å². The third kappa shape index (κ3) is 3.05. The van der Waals surface area contributed by atoms with Crippen molar-refractivity contribution in [2.45, 2.75) is 0 Å². The maximum atomic E-state index is 10.7. The molecule has 18 heavy (non-hydrogen) atoms. The van der Waals surface area contributed by atoms with E-state index in [2.05, 4.69) is 36.8 Å². The number of pyridine rings is 1. The molecule has 0 spiro atoms. The first-order chi connectivity index (χ1) is 8.56. The van der Waals surface area contributed by atoms with E-state index in [1.165, 1.54) is 12.1 Å². The number of ether oxygens (including phenoxy) is 1. The van der Waals surface area contributed by atoms with Gasteiger partial charge in [0.2, 0.25) is 5.88 Å². The second kappa shape index (κ2) is 5.45. The lowest BCUT2D eigenvalue weighted by Crippen LogP contribution is -1.92. The summed E-state index contributed by atoms with van der Waals surface area (Å²) in [6.45, 7) is 0. The molecule has 0 fully saturated rings. The van der Waals surface area contributed by atoms with Crippen molar-refractivity contribution in [3.05, 3.63) is 55.6 Å². The van der Waals surface area contributed by atoms with Crippen molar-refractivity contribution < 1.29 is 9.66 Å². The highest BCUT2D eigenvalue weighted by atomic mass is 79.9. The van der Waals surface area contributed by atoms with Gasteiger partial charge in [-0.25, -0.2) is 4.98 Å². The van der Waals surface area contributed by atoms with Crippen molar-refractivity contribution >= 4 is 37.5 Å². The highest BCUT2D eigenvalue weighted by Gasteiger charge is 2.11. The number of hydrogen-bond acceptors (Lipinski definition) is 4. The van der Waals surface area contributed by atoms with E-state index in [0.29, 0.717) is 20.6 Å². The molecule has 0 saturated carbocycles. The Bertz CT molecular complexity index is 605. The zero-order valence-corrected chi connectivity index (χ0v) is 12.0. The first-order valence-electron chi connectivity index (χ1n) is 4.79. The number of hydrogen-bond donors (Lipinski definition) is 0. The molecule has 0 amide bonds. The summed E-state index contributed by atoms with van der Waals surface area (Å²) in [4.78, 5) is 14.3. The number of halogens is 2. The molecule has 0 radical (unpaired) electrons. The number of benzene rings is 1. The average Bonchev–Trinajstić information content (AvgIpc) is 2.31. The first-order valence-corrected chi connectivity index (χ1v) is 6.38. The number of nitrogens with zero attached hydrogens (tertiary/aromatic N) is 2. The molecule has 0 N–H and O–H groups in total. The summed E-state index contributed by atoms with van der Waals surface area (Å²) in [5, 5.41) is 10.7. The summed E-state index contributed by atoms with van der Waals surface area (Å²) >= 11 is 6.48. The Hall–Kier alpha value is -1.47. The Morgan fingerprint density at radius 3 is 2.72 bits per heavy atom. The molecular weight excluding hydrogens is 368 g/mol. The molecule has 0 atom stereocenters. The van der Waals surface area contributed by atoms with Gasteiger partial charge in [-0.1, -0.05) is 15.9 Å². The van der Waals surface area contributed by atoms with E-state index < -0.39 is 4.92 Å². The van der Waals surface area contributed by atoms with Gasteiger partial charge in [-0.2, -0.15) is 0 Å². The molecule has 2 aromatic rings. The van der Waals surface area contributed by atoms with Crippen LogP contribution in [0.25, 0.3) is 0 Å². The highest BCUT2D eigenvalue weighted by molar-refractivity contribution is 9.10. The van der Waals surface area contributed by atoms with Gasteiger partial charge in [0.15, 0.2) is 0 Å². The molecule has 7 heteroatoms. The van der Waals surface area contributed by atoms with E-state index in [4.69, 9.17) is 4.74 Å². The predicted octanol–water partition coefficient (Wildman–Crippen LogP) is 4.31. The quantitative estimate of drug-likeness (QED) is 0.594. The van der Waals surface area contributed by atoms with Crippen LogP contribution >= 0.6 is 31.9 Å². The van der Waals surface area contributed by atoms with Crippen molar-refractivity contribution in [3.63, 3.8) is 0 Å². The van der Waals surface area contributed by atoms with E-state index >= 15 is 0 Å². The zero-order chi connectivity index (χ0) is 13.1. The van der Waals surface area contributed by atoms with Crippen LogP contribution in [-0.4, -0.2) is 9.91 Å². The minimum absolute atomic E-state index is 0.0496. The van der Waals surface area contributed by atoms with Gasteiger partial charge in [0, 0.05) is 16.7 Å². The maximum absolute atomic E-state index is 10.7. The van der Waals surface area contributed by atoms with Crippen LogP contribution in [0.4, 0.5) is 5.69 Å². The van der Waals surface area contributed by atoms with Crippen molar-refractivity contribution in [3.8, 4) is 11.6 Å². The number of aromatic nitrogens is 1. The SMILES string of the molecule is O=[N+]([O-])c1cc(Br)cc(Oc2ncccc2Br)c1. The third-order valence-corrected chi connectivity index (χ3v) is 3.07. The third-order valence-electron chi connectivity index (χ3n) is 2.01. The van der Waals surface area contributed by atoms with Crippen LogP contribution in [0.2, 0.25) is 0 Å². The smallest absolute Gasteiger partial charge is 0.274 e. The van der Waals surface area contributed by atoms with Crippen LogP contribution in [0.3, 0.4) is 0 Å². The van der Waals surface area contributed by atoms with Crippen molar-refractivity contribution in [1.82, 2.24) is 4.98 Å². The maximum Gasteiger partial charge on any atom is 0.274 e. The van der Waals surface area contributed by atoms with E-state index in [9.17, 15) is 10.1 Å². The number of rotatable bonds is 3. The van der Waals surface area contributed by atoms with Crippen LogP contribution < -0.4 is 4.74 Å². The van der Waals surface area contributed by atoms with Gasteiger partial charge in [-0.05, 0) is 34.1 Å².